The van der Waals surface area contributed by atoms with Gasteiger partial charge in [-0.3, -0.25) is 19.9 Å². The minimum atomic E-state index is -0.385. The molecule has 3 amide bonds. The first-order valence-corrected chi connectivity index (χ1v) is 10.9. The summed E-state index contributed by atoms with van der Waals surface area (Å²) in [5, 5.41) is 3.59. The molecule has 3 atom stereocenters. The molecule has 3 unspecified atom stereocenters. The number of fused-ring (bicyclic) bond motifs is 3. The van der Waals surface area contributed by atoms with Crippen LogP contribution >= 0.6 is 0 Å². The van der Waals surface area contributed by atoms with Crippen molar-refractivity contribution in [3.63, 3.8) is 0 Å². The maximum Gasteiger partial charge on any atom is 0.328 e. The highest BCUT2D eigenvalue weighted by Crippen LogP contribution is 2.35. The number of urea groups is 1. The summed E-state index contributed by atoms with van der Waals surface area (Å²) in [6.45, 7) is 6.31. The number of nitrogens with zero attached hydrogens (tertiary/aromatic N) is 4. The largest absolute Gasteiger partial charge is 0.343 e. The monoisotopic (exact) mass is 419 g/mol. The van der Waals surface area contributed by atoms with Crippen LogP contribution in [-0.2, 0) is 11.3 Å². The molecule has 0 radical (unpaired) electrons. The molecule has 3 aliphatic heterocycles. The van der Waals surface area contributed by atoms with Crippen LogP contribution in [0.25, 0.3) is 0 Å². The number of hydrogen-bond donors (Lipinski definition) is 1. The van der Waals surface area contributed by atoms with Crippen molar-refractivity contribution in [3.8, 4) is 0 Å². The summed E-state index contributed by atoms with van der Waals surface area (Å²) in [6.07, 6.45) is 0.529. The summed E-state index contributed by atoms with van der Waals surface area (Å²) in [7, 11) is 1.79. The normalized spacial score (nSPS) is 26.3. The predicted molar refractivity (Wildman–Crippen MR) is 119 cm³/mol. The average molecular weight is 420 g/mol. The Bertz CT molecular complexity index is 1010. The fourth-order valence-corrected chi connectivity index (χ4v) is 5.12. The van der Waals surface area contributed by atoms with E-state index in [4.69, 9.17) is 0 Å². The third kappa shape index (κ3) is 3.20. The van der Waals surface area contributed by atoms with Crippen molar-refractivity contribution in [1.29, 1.82) is 0 Å². The van der Waals surface area contributed by atoms with Crippen LogP contribution in [0.2, 0.25) is 0 Å². The number of carbonyl (C=O) groups is 2. The van der Waals surface area contributed by atoms with E-state index < -0.39 is 0 Å². The standard InChI is InChI=1S/C24H29N5O2/c1-16-9-7-12-19(17(16)2)27-13-8-14-28-20-21(25-23(27)28)26(3)24(31)29(22(20)30)15-18-10-5-4-6-11-18/h4-7,9-12,20-21,23,25H,8,13-15H2,1-3H3. The number of carbonyl (C=O) groups excluding carboxylic acids is 2. The fraction of sp³-hybridized carbons (Fsp3) is 0.417. The summed E-state index contributed by atoms with van der Waals surface area (Å²) in [5.74, 6) is -0.116. The Hall–Kier alpha value is -2.90. The van der Waals surface area contributed by atoms with Gasteiger partial charge in [0.25, 0.3) is 5.91 Å². The average Bonchev–Trinajstić information content (AvgIpc) is 3.18. The number of hydrogen-bond acceptors (Lipinski definition) is 5. The highest BCUT2D eigenvalue weighted by atomic mass is 16.2. The van der Waals surface area contributed by atoms with E-state index in [1.54, 1.807) is 11.9 Å². The molecule has 3 saturated heterocycles. The molecule has 0 bridgehead atoms. The van der Waals surface area contributed by atoms with E-state index in [2.05, 4.69) is 47.2 Å². The second-order valence-electron chi connectivity index (χ2n) is 8.74. The van der Waals surface area contributed by atoms with E-state index >= 15 is 0 Å². The highest BCUT2D eigenvalue weighted by molar-refractivity contribution is 6.00. The molecule has 7 heteroatoms. The minimum absolute atomic E-state index is 0.111. The molecule has 1 N–H and O–H groups in total. The molecule has 0 aromatic heterocycles. The molecule has 2 aromatic carbocycles. The number of likely N-dealkylation sites (N-methyl/N-ethyl adjacent to an activating group) is 1. The van der Waals surface area contributed by atoms with Crippen molar-refractivity contribution < 1.29 is 9.59 Å². The van der Waals surface area contributed by atoms with E-state index in [-0.39, 0.29) is 30.4 Å². The second kappa shape index (κ2) is 7.66. The van der Waals surface area contributed by atoms with Gasteiger partial charge in [0.05, 0.1) is 6.54 Å². The SMILES string of the molecule is Cc1cccc(N2CCCN3C4C(=O)N(Cc5ccccc5)C(=O)N(C)C4NC23)c1C. The van der Waals surface area contributed by atoms with Gasteiger partial charge in [-0.15, -0.1) is 0 Å². The Morgan fingerprint density at radius 1 is 1.00 bits per heavy atom. The molecule has 7 nitrogen and oxygen atoms in total. The van der Waals surface area contributed by atoms with Crippen molar-refractivity contribution in [1.82, 2.24) is 20.0 Å². The Balaban J connectivity index is 1.46. The molecule has 0 saturated carbocycles. The third-order valence-electron chi connectivity index (χ3n) is 6.94. The van der Waals surface area contributed by atoms with Crippen molar-refractivity contribution in [2.75, 3.05) is 25.0 Å². The van der Waals surface area contributed by atoms with Gasteiger partial charge in [0.1, 0.15) is 18.5 Å². The molecule has 3 fully saturated rings. The topological polar surface area (TPSA) is 59.1 Å². The highest BCUT2D eigenvalue weighted by Gasteiger charge is 2.56. The number of imide groups is 1. The molecule has 3 aliphatic rings. The van der Waals surface area contributed by atoms with E-state index in [1.807, 2.05) is 30.3 Å². The summed E-state index contributed by atoms with van der Waals surface area (Å²) in [5.41, 5.74) is 4.64. The van der Waals surface area contributed by atoms with Crippen LogP contribution in [0.15, 0.2) is 48.5 Å². The molecule has 2 aromatic rings. The number of rotatable bonds is 3. The molecule has 0 aliphatic carbocycles. The number of benzene rings is 2. The van der Waals surface area contributed by atoms with E-state index in [1.165, 1.54) is 21.7 Å². The van der Waals surface area contributed by atoms with Gasteiger partial charge in [-0.05, 0) is 43.0 Å². The van der Waals surface area contributed by atoms with Gasteiger partial charge in [0.2, 0.25) is 0 Å². The molecular weight excluding hydrogens is 390 g/mol. The van der Waals surface area contributed by atoms with Crippen LogP contribution in [0.1, 0.15) is 23.1 Å². The van der Waals surface area contributed by atoms with Gasteiger partial charge >= 0.3 is 6.03 Å². The van der Waals surface area contributed by atoms with E-state index in [0.29, 0.717) is 6.54 Å². The molecule has 31 heavy (non-hydrogen) atoms. The lowest BCUT2D eigenvalue weighted by molar-refractivity contribution is -0.139. The zero-order valence-electron chi connectivity index (χ0n) is 18.3. The van der Waals surface area contributed by atoms with Gasteiger partial charge in [0, 0.05) is 25.8 Å². The van der Waals surface area contributed by atoms with Gasteiger partial charge in [-0.2, -0.15) is 0 Å². The molecule has 5 rings (SSSR count). The Morgan fingerprint density at radius 2 is 1.77 bits per heavy atom. The van der Waals surface area contributed by atoms with Crippen molar-refractivity contribution in [2.24, 2.45) is 0 Å². The van der Waals surface area contributed by atoms with Crippen LogP contribution in [-0.4, -0.2) is 65.3 Å². The number of amides is 3. The molecule has 0 spiro atoms. The molecule has 3 heterocycles. The van der Waals surface area contributed by atoms with Crippen LogP contribution in [0, 0.1) is 13.8 Å². The number of nitrogens with one attached hydrogen (secondary N) is 1. The Kier molecular flexibility index (Phi) is 4.95. The summed E-state index contributed by atoms with van der Waals surface area (Å²) < 4.78 is 0. The predicted octanol–water partition coefficient (Wildman–Crippen LogP) is 2.49. The fourth-order valence-electron chi connectivity index (χ4n) is 5.12. The third-order valence-corrected chi connectivity index (χ3v) is 6.94. The van der Waals surface area contributed by atoms with Crippen molar-refractivity contribution >= 4 is 17.6 Å². The van der Waals surface area contributed by atoms with Gasteiger partial charge in [-0.25, -0.2) is 4.79 Å². The zero-order chi connectivity index (χ0) is 21.7. The summed E-state index contributed by atoms with van der Waals surface area (Å²) in [4.78, 5) is 34.3. The van der Waals surface area contributed by atoms with Gasteiger partial charge in [-0.1, -0.05) is 42.5 Å². The zero-order valence-corrected chi connectivity index (χ0v) is 18.3. The smallest absolute Gasteiger partial charge is 0.328 e. The lowest BCUT2D eigenvalue weighted by atomic mass is 10.1. The summed E-state index contributed by atoms with van der Waals surface area (Å²) in [6, 6.07) is 15.4. The lowest BCUT2D eigenvalue weighted by Gasteiger charge is -2.44. The summed E-state index contributed by atoms with van der Waals surface area (Å²) >= 11 is 0. The second-order valence-corrected chi connectivity index (χ2v) is 8.74. The van der Waals surface area contributed by atoms with Gasteiger partial charge in [0.15, 0.2) is 0 Å². The number of aryl methyl sites for hydroxylation is 1. The molecule has 162 valence electrons. The Labute approximate surface area is 183 Å². The first-order valence-electron chi connectivity index (χ1n) is 10.9. The van der Waals surface area contributed by atoms with Crippen LogP contribution in [0.5, 0.6) is 0 Å². The molecular formula is C24H29N5O2. The first-order chi connectivity index (χ1) is 15.0. The van der Waals surface area contributed by atoms with E-state index in [9.17, 15) is 9.59 Å². The first kappa shape index (κ1) is 20.0. The van der Waals surface area contributed by atoms with Crippen molar-refractivity contribution in [2.45, 2.75) is 45.3 Å². The lowest BCUT2D eigenvalue weighted by Crippen LogP contribution is -2.66. The maximum atomic E-state index is 13.6. The van der Waals surface area contributed by atoms with Crippen molar-refractivity contribution in [3.05, 3.63) is 65.2 Å². The van der Waals surface area contributed by atoms with E-state index in [0.717, 1.165) is 25.1 Å². The van der Waals surface area contributed by atoms with Crippen LogP contribution in [0.3, 0.4) is 0 Å². The maximum absolute atomic E-state index is 13.6. The van der Waals surface area contributed by atoms with Crippen LogP contribution < -0.4 is 10.2 Å². The van der Waals surface area contributed by atoms with Crippen LogP contribution in [0.4, 0.5) is 10.5 Å². The quantitative estimate of drug-likeness (QED) is 0.828. The Morgan fingerprint density at radius 3 is 2.55 bits per heavy atom. The number of anilines is 1. The van der Waals surface area contributed by atoms with Gasteiger partial charge < -0.3 is 9.80 Å². The minimum Gasteiger partial charge on any atom is -0.343 e.